The number of hydrogen-bond donors (Lipinski definition) is 20. The zero-order chi connectivity index (χ0) is 108. The number of phenolic OH excluding ortho intramolecular Hbond substituents is 6. The van der Waals surface area contributed by atoms with E-state index in [-0.39, 0.29) is 142 Å². The van der Waals surface area contributed by atoms with Gasteiger partial charge in [-0.05, 0) is 217 Å². The number of nitrogens with zero attached hydrogens (tertiary/aromatic N) is 9. The fraction of sp³-hybridized carbons (Fsp3) is 0.477. The molecular weight excluding hydrogens is 1960 g/mol. The summed E-state index contributed by atoms with van der Waals surface area (Å²) in [4.78, 5) is 129. The van der Waals surface area contributed by atoms with E-state index in [1.807, 2.05) is 186 Å². The first-order valence-corrected chi connectivity index (χ1v) is 53.6. The van der Waals surface area contributed by atoms with Gasteiger partial charge in [0.25, 0.3) is 0 Å². The highest BCUT2D eigenvalue weighted by molar-refractivity contribution is 8.00. The van der Waals surface area contributed by atoms with Gasteiger partial charge in [-0.2, -0.15) is 38.8 Å². The molecule has 4 fully saturated rings. The number of nitrogens with two attached hydrogens (primary N) is 2. The number of ether oxygens (including phenoxy) is 1. The van der Waals surface area contributed by atoms with Gasteiger partial charge in [0.1, 0.15) is 40.1 Å². The first kappa shape index (κ1) is 114. The molecule has 0 bridgehead atoms. The van der Waals surface area contributed by atoms with E-state index in [2.05, 4.69) is 72.4 Å². The lowest BCUT2D eigenvalue weighted by atomic mass is 9.98. The number of aromatic nitrogens is 12. The SMILES string of the molecule is CC(C)(C)OC(=O)CCCCCCC(=O)O.CC(C)c1cc(-c2n[nH]c(=O)n2-c2ccc3c(ccn3CCN)c2)c(O)cc1O.CC(C)c1cc(-c2n[nH]c(=O)n2-c2ccc3c(ccn3CCNC(=O)CCCCCN)c2)c(O)cc1O.CC(C)c1cc(-c2n[nH]c(=O)n2-c2ccc3c(ccn3CCNC(=O)CCCCCNC(=O)CCCC[C@H]3SC[C@@H]4NC(=O)N[C@@H]43)c2)c(O)cc1O.O=C(O)CCCC[C@@H]1SC[C@H]2NC(=O)N[C@@H]12. The molecule has 22 N–H and O–H groups in total. The van der Waals surface area contributed by atoms with E-state index in [1.165, 1.54) is 31.9 Å². The minimum absolute atomic E-state index is 0.00699. The lowest BCUT2D eigenvalue weighted by Gasteiger charge is -2.19. The molecule has 4 saturated heterocycles. The Labute approximate surface area is 876 Å². The molecule has 16 rings (SSSR count). The van der Waals surface area contributed by atoms with Crippen molar-refractivity contribution < 1.29 is 83.9 Å². The van der Waals surface area contributed by atoms with Crippen LogP contribution in [0.3, 0.4) is 0 Å². The van der Waals surface area contributed by atoms with Gasteiger partial charge in [-0.25, -0.2) is 53.0 Å². The van der Waals surface area contributed by atoms with Crippen LogP contribution >= 0.6 is 23.5 Å². The molecule has 4 aliphatic rings. The van der Waals surface area contributed by atoms with Crippen molar-refractivity contribution in [1.29, 1.82) is 0 Å². The Morgan fingerprint density at radius 3 is 1.09 bits per heavy atom. The topological polar surface area (TPSA) is 611 Å². The third-order valence-corrected chi connectivity index (χ3v) is 29.4. The van der Waals surface area contributed by atoms with E-state index < -0.39 is 34.6 Å². The highest BCUT2D eigenvalue weighted by Crippen LogP contribution is 2.43. The average Bonchev–Trinajstić information content (AvgIpc) is 1.65. The highest BCUT2D eigenvalue weighted by atomic mass is 32.2. The Kier molecular flexibility index (Phi) is 41.2. The number of aromatic amines is 3. The van der Waals surface area contributed by atoms with Crippen LogP contribution < -0.4 is 65.8 Å². The summed E-state index contributed by atoms with van der Waals surface area (Å²) in [6, 6.07) is 32.3. The van der Waals surface area contributed by atoms with Crippen LogP contribution in [-0.2, 0) is 53.1 Å². The van der Waals surface area contributed by atoms with E-state index in [0.29, 0.717) is 145 Å². The van der Waals surface area contributed by atoms with Crippen LogP contribution in [0, 0.1) is 0 Å². The third kappa shape index (κ3) is 31.1. The summed E-state index contributed by atoms with van der Waals surface area (Å²) in [5, 5.41) is 123. The molecule has 0 aliphatic carbocycles. The number of fused-ring (bicyclic) bond motifs is 5. The number of thioether (sulfide) groups is 2. The van der Waals surface area contributed by atoms with Crippen molar-refractivity contribution in [2.75, 3.05) is 44.2 Å². The van der Waals surface area contributed by atoms with Crippen molar-refractivity contribution in [3.8, 4) is 85.7 Å². The van der Waals surface area contributed by atoms with E-state index in [9.17, 15) is 83.4 Å². The fourth-order valence-electron chi connectivity index (χ4n) is 18.7. The number of phenols is 6. The minimum Gasteiger partial charge on any atom is -0.508 e. The monoisotopic (exact) mass is 2110 g/mol. The number of carboxylic acid groups (broad SMARTS) is 2. The normalized spacial score (nSPS) is 15.9. The summed E-state index contributed by atoms with van der Waals surface area (Å²) in [7, 11) is 0. The van der Waals surface area contributed by atoms with Crippen molar-refractivity contribution in [3.05, 3.63) is 176 Å². The molecule has 41 nitrogen and oxygen atoms in total. The Bertz CT molecular complexity index is 6860. The number of carbonyl (C=O) groups is 8. The number of urea groups is 2. The molecule has 4 aliphatic heterocycles. The number of carbonyl (C=O) groups excluding carboxylic acids is 6. The standard InChI is InChI=1S/C37H48N8O6S.C27H34N6O4.C21H23N5O3.C12H22O4.C10H16N2O3S/c1-22(2)25-19-26(30(47)20-29(25)46)35-42-43-37(51)45(35)24-11-12-28-23(18-24)13-16-44(28)17-15-39-33(49)9-4-3-7-14-38-32(48)10-6-5-8-31-34-27(21-52-31)40-36(50)41-34;1-17(2)20-15-21(24(35)16-23(20)34)26-30-31-27(37)33(26)19-7-8-22-18(14-19)9-12-32(22)13-11-29-25(36)6-4-3-5-10-28;1-12(2)15-10-16(19(28)11-18(15)27)20-23-24-21(29)26(20)14-3-4-17-13(9-14)5-7-25(17)8-6-22;1-12(2,3)16-11(15)9-7-5-4-6-8-10(13)14;13-8(14)4-2-1-3-7-9-6(5-16-7)11-10(15)12-9/h11-13,16,18-20,22,27,31,34,46-47H,3-10,14-15,17,21H2,1-2H3,(H,38,48)(H,39,49)(H,43,51)(H2,40,41,50);7-9,12,14-17,34-35H,3-6,10-11,13,28H2,1-2H3,(H,29,36)(H,31,37);3-5,7,9-12,27-28H,6,8,22H2,1-2H3,(H,24,29);4-9H2,1-3H3,(H,13,14);6-7,9H,1-5H2,(H,13,14)(H2,11,12,15)/t27-,31+,34-;;;;6-,7+,9-/m0...1/s1. The predicted octanol–water partition coefficient (Wildman–Crippen LogP) is 13.8. The van der Waals surface area contributed by atoms with E-state index >= 15 is 0 Å². The summed E-state index contributed by atoms with van der Waals surface area (Å²) < 4.78 is 15.5. The number of H-pyrrole nitrogens is 3. The number of rotatable bonds is 45. The van der Waals surface area contributed by atoms with Gasteiger partial charge in [-0.3, -0.25) is 28.8 Å². The Morgan fingerprint density at radius 2 is 0.733 bits per heavy atom. The third-order valence-electron chi connectivity index (χ3n) is 26.4. The highest BCUT2D eigenvalue weighted by Gasteiger charge is 2.44. The number of amides is 7. The molecule has 6 aromatic carbocycles. The minimum atomic E-state index is -0.757. The van der Waals surface area contributed by atoms with Crippen LogP contribution in [0.5, 0.6) is 34.5 Å². The number of esters is 1. The predicted molar refractivity (Wildman–Crippen MR) is 578 cm³/mol. The maximum Gasteiger partial charge on any atom is 0.348 e. The van der Waals surface area contributed by atoms with Crippen molar-refractivity contribution in [2.24, 2.45) is 11.5 Å². The van der Waals surface area contributed by atoms with Crippen LogP contribution in [0.15, 0.2) is 142 Å². The fourth-order valence-corrected chi connectivity index (χ4v) is 21.8. The molecule has 0 saturated carbocycles. The molecule has 43 heteroatoms. The molecule has 7 amide bonds. The van der Waals surface area contributed by atoms with E-state index in [1.54, 1.807) is 18.2 Å². The first-order chi connectivity index (χ1) is 71.8. The lowest BCUT2D eigenvalue weighted by Crippen LogP contribution is -2.36. The second-order valence-corrected chi connectivity index (χ2v) is 42.4. The number of carboxylic acids is 2. The summed E-state index contributed by atoms with van der Waals surface area (Å²) in [5.41, 5.74) is 17.1. The Balaban J connectivity index is 0.000000178. The van der Waals surface area contributed by atoms with Crippen molar-refractivity contribution >= 4 is 104 Å². The number of benzene rings is 6. The van der Waals surface area contributed by atoms with Gasteiger partial charge in [0.05, 0.1) is 57.9 Å². The number of aliphatic carboxylic acids is 2. The molecule has 808 valence electrons. The average molecular weight is 2110 g/mol. The van der Waals surface area contributed by atoms with Crippen LogP contribution in [0.25, 0.3) is 83.9 Å². The van der Waals surface area contributed by atoms with Gasteiger partial charge >= 0.3 is 47.0 Å². The van der Waals surface area contributed by atoms with Crippen molar-refractivity contribution in [2.45, 2.75) is 281 Å². The molecule has 6 atom stereocenters. The molecule has 0 spiro atoms. The van der Waals surface area contributed by atoms with Crippen LogP contribution in [0.4, 0.5) is 9.59 Å². The second-order valence-electron chi connectivity index (χ2n) is 39.8. The molecule has 6 aromatic heterocycles. The Hall–Kier alpha value is -14.5. The van der Waals surface area contributed by atoms with Crippen molar-refractivity contribution in [3.63, 3.8) is 0 Å². The van der Waals surface area contributed by atoms with E-state index in [0.717, 1.165) is 141 Å². The number of aromatic hydroxyl groups is 6. The van der Waals surface area contributed by atoms with Gasteiger partial charge in [-0.1, -0.05) is 80.1 Å². The maximum atomic E-state index is 12.9. The zero-order valence-corrected chi connectivity index (χ0v) is 88.1. The summed E-state index contributed by atoms with van der Waals surface area (Å²) in [6.07, 6.45) is 22.0. The van der Waals surface area contributed by atoms with Gasteiger partial charge < -0.3 is 108 Å². The summed E-state index contributed by atoms with van der Waals surface area (Å²) in [6.45, 7) is 21.8. The molecule has 0 radical (unpaired) electrons. The quantitative estimate of drug-likeness (QED) is 0.00957. The second kappa shape index (κ2) is 54.1. The number of hydrogen-bond acceptors (Lipinski definition) is 25. The zero-order valence-electron chi connectivity index (χ0n) is 86.4. The number of unbranched alkanes of at least 4 members (excludes halogenated alkanes) is 9. The van der Waals surface area contributed by atoms with Crippen LogP contribution in [-0.4, -0.2) is 231 Å². The molecule has 10 heterocycles. The van der Waals surface area contributed by atoms with Gasteiger partial charge in [-0.15, -0.1) is 0 Å². The summed E-state index contributed by atoms with van der Waals surface area (Å²) >= 11 is 3.77. The maximum absolute atomic E-state index is 12.9. The van der Waals surface area contributed by atoms with E-state index in [4.69, 9.17) is 26.4 Å². The Morgan fingerprint density at radius 1 is 0.400 bits per heavy atom. The summed E-state index contributed by atoms with van der Waals surface area (Å²) in [5.74, 6) is 0.612. The van der Waals surface area contributed by atoms with Crippen molar-refractivity contribution in [1.82, 2.24) is 95.2 Å². The lowest BCUT2D eigenvalue weighted by molar-refractivity contribution is -0.155. The molecule has 150 heavy (non-hydrogen) atoms. The van der Waals surface area contributed by atoms with Crippen LogP contribution in [0.2, 0.25) is 0 Å². The number of nitrogens with one attached hydrogen (secondary N) is 10. The largest absolute Gasteiger partial charge is 0.508 e. The van der Waals surface area contributed by atoms with Gasteiger partial charge in [0.15, 0.2) is 17.5 Å². The van der Waals surface area contributed by atoms with Crippen LogP contribution in [0.1, 0.15) is 238 Å². The smallest absolute Gasteiger partial charge is 0.348 e. The molecular formula is C107H143N21O20S2. The first-order valence-electron chi connectivity index (χ1n) is 51.5. The van der Waals surface area contributed by atoms with Gasteiger partial charge in [0.2, 0.25) is 17.7 Å². The molecule has 12 aromatic rings. The molecule has 0 unspecified atom stereocenters. The van der Waals surface area contributed by atoms with Gasteiger partial charge in [0, 0.05) is 176 Å².